The molecule has 0 radical (unpaired) electrons. The molecule has 4 N–H and O–H groups in total. The first-order valence-electron chi connectivity index (χ1n) is 12.1. The van der Waals surface area contributed by atoms with E-state index in [2.05, 4.69) is 15.0 Å². The number of hydrogen-bond donors (Lipinski definition) is 3. The Morgan fingerprint density at radius 1 is 1.02 bits per heavy atom. The molecule has 1 saturated heterocycles. The average molecular weight is 559 g/mol. The van der Waals surface area contributed by atoms with Crippen molar-refractivity contribution < 1.29 is 32.3 Å². The zero-order valence-electron chi connectivity index (χ0n) is 21.0. The highest BCUT2D eigenvalue weighted by Gasteiger charge is 2.42. The van der Waals surface area contributed by atoms with Crippen LogP contribution in [0.1, 0.15) is 28.4 Å². The summed E-state index contributed by atoms with van der Waals surface area (Å²) < 4.78 is 42.6. The van der Waals surface area contributed by atoms with Crippen molar-refractivity contribution in [3.05, 3.63) is 82.3 Å². The molecule has 1 fully saturated rings. The molecule has 0 bridgehead atoms. The van der Waals surface area contributed by atoms with Crippen molar-refractivity contribution >= 4 is 35.0 Å². The van der Waals surface area contributed by atoms with Gasteiger partial charge in [-0.1, -0.05) is 30.3 Å². The Labute approximate surface area is 225 Å². The number of hydrogen-bond acceptors (Lipinski definition) is 7. The third kappa shape index (κ3) is 6.39. The smallest absolute Gasteiger partial charge is 0.386 e. The molecule has 1 aliphatic heterocycles. The van der Waals surface area contributed by atoms with E-state index in [0.717, 1.165) is 5.69 Å². The summed E-state index contributed by atoms with van der Waals surface area (Å²) in [6.45, 7) is 2.40. The van der Waals surface area contributed by atoms with E-state index in [0.29, 0.717) is 37.3 Å². The van der Waals surface area contributed by atoms with Gasteiger partial charge in [0.1, 0.15) is 5.56 Å². The second-order valence-electron chi connectivity index (χ2n) is 8.99. The van der Waals surface area contributed by atoms with E-state index in [4.69, 9.17) is 11.1 Å². The van der Waals surface area contributed by atoms with Gasteiger partial charge in [0.25, 0.3) is 11.5 Å². The van der Waals surface area contributed by atoms with Crippen LogP contribution in [0, 0.1) is 5.41 Å². The molecule has 0 aliphatic carbocycles. The number of alkyl halides is 3. The first-order valence-corrected chi connectivity index (χ1v) is 12.1. The number of halogens is 3. The molecule has 1 atom stereocenters. The number of esters is 2. The summed E-state index contributed by atoms with van der Waals surface area (Å²) in [4.78, 5) is 53.2. The Kier molecular flexibility index (Phi) is 8.07. The maximum Gasteiger partial charge on any atom is 0.491 e. The van der Waals surface area contributed by atoms with E-state index in [1.807, 2.05) is 0 Å². The molecular weight excluding hydrogens is 533 g/mol. The topological polar surface area (TPSA) is 150 Å². The van der Waals surface area contributed by atoms with Gasteiger partial charge in [0.05, 0.1) is 18.0 Å². The molecule has 4 rings (SSSR count). The van der Waals surface area contributed by atoms with Gasteiger partial charge in [0.15, 0.2) is 5.96 Å². The molecule has 210 valence electrons. The van der Waals surface area contributed by atoms with Crippen LogP contribution in [0.2, 0.25) is 0 Å². The van der Waals surface area contributed by atoms with E-state index in [-0.39, 0.29) is 11.5 Å². The number of amides is 1. The lowest BCUT2D eigenvalue weighted by atomic mass is 10.0. The van der Waals surface area contributed by atoms with Crippen molar-refractivity contribution in [3.8, 4) is 0 Å². The summed E-state index contributed by atoms with van der Waals surface area (Å²) in [7, 11) is 0. The lowest BCUT2D eigenvalue weighted by Gasteiger charge is -2.36. The molecule has 3 heterocycles. The minimum absolute atomic E-state index is 0.0108. The molecule has 14 heteroatoms. The number of nitrogens with zero attached hydrogens (tertiary/aromatic N) is 3. The van der Waals surface area contributed by atoms with Gasteiger partial charge >= 0.3 is 18.1 Å². The highest BCUT2D eigenvalue weighted by atomic mass is 19.4. The van der Waals surface area contributed by atoms with Crippen LogP contribution < -0.4 is 21.5 Å². The van der Waals surface area contributed by atoms with Crippen molar-refractivity contribution in [1.29, 1.82) is 5.41 Å². The van der Waals surface area contributed by atoms with Crippen LogP contribution in [-0.4, -0.2) is 65.5 Å². The molecule has 2 aromatic heterocycles. The first kappa shape index (κ1) is 28.1. The van der Waals surface area contributed by atoms with Crippen LogP contribution in [0.3, 0.4) is 0 Å². The number of carbonyl (C=O) groups is 3. The molecule has 11 nitrogen and oxygen atoms in total. The number of carbonyl (C=O) groups excluding carboxylic acids is 3. The van der Waals surface area contributed by atoms with Crippen molar-refractivity contribution in [3.63, 3.8) is 0 Å². The zero-order chi connectivity index (χ0) is 29.0. The normalized spacial score (nSPS) is 14.5. The number of pyridine rings is 2. The average Bonchev–Trinajstić information content (AvgIpc) is 2.92. The highest BCUT2D eigenvalue weighted by Crippen LogP contribution is 2.22. The van der Waals surface area contributed by atoms with E-state index in [1.165, 1.54) is 28.8 Å². The van der Waals surface area contributed by atoms with Crippen molar-refractivity contribution in [2.24, 2.45) is 5.73 Å². The summed E-state index contributed by atoms with van der Waals surface area (Å²) in [5.74, 6) is -5.02. The fourth-order valence-corrected chi connectivity index (χ4v) is 4.31. The molecule has 40 heavy (non-hydrogen) atoms. The van der Waals surface area contributed by atoms with E-state index in [1.54, 1.807) is 41.3 Å². The fraction of sp³-hybridized carbons (Fsp3) is 0.269. The number of rotatable bonds is 6. The lowest BCUT2D eigenvalue weighted by Crippen LogP contribution is -2.50. The largest absolute Gasteiger partial charge is 0.491 e. The van der Waals surface area contributed by atoms with Crippen molar-refractivity contribution in [2.45, 2.75) is 18.6 Å². The third-order valence-electron chi connectivity index (χ3n) is 6.38. The van der Waals surface area contributed by atoms with Crippen molar-refractivity contribution in [2.75, 3.05) is 31.1 Å². The van der Waals surface area contributed by atoms with Crippen LogP contribution >= 0.6 is 0 Å². The first-order chi connectivity index (χ1) is 18.9. The highest BCUT2D eigenvalue weighted by molar-refractivity contribution is 5.95. The summed E-state index contributed by atoms with van der Waals surface area (Å²) in [6, 6.07) is 13.1. The van der Waals surface area contributed by atoms with Gasteiger partial charge in [-0.2, -0.15) is 13.2 Å². The molecule has 1 aromatic carbocycles. The van der Waals surface area contributed by atoms with Crippen LogP contribution in [0.5, 0.6) is 0 Å². The van der Waals surface area contributed by atoms with E-state index < -0.39 is 42.0 Å². The van der Waals surface area contributed by atoms with Gasteiger partial charge < -0.3 is 25.6 Å². The molecule has 3 aromatic rings. The van der Waals surface area contributed by atoms with Crippen LogP contribution in [-0.2, 0) is 14.3 Å². The molecule has 1 unspecified atom stereocenters. The van der Waals surface area contributed by atoms with Gasteiger partial charge in [0.2, 0.25) is 0 Å². The molecular formula is C26H25F3N6O5. The Morgan fingerprint density at radius 3 is 2.33 bits per heavy atom. The fourth-order valence-electron chi connectivity index (χ4n) is 4.31. The molecule has 1 aliphatic rings. The van der Waals surface area contributed by atoms with Crippen LogP contribution in [0.25, 0.3) is 5.52 Å². The minimum Gasteiger partial charge on any atom is -0.386 e. The van der Waals surface area contributed by atoms with Gasteiger partial charge in [-0.25, -0.2) is 4.79 Å². The summed E-state index contributed by atoms with van der Waals surface area (Å²) >= 11 is 0. The maximum atomic E-state index is 13.2. The molecule has 1 amide bonds. The monoisotopic (exact) mass is 558 g/mol. The Hall–Kier alpha value is -4.88. The second-order valence-corrected chi connectivity index (χ2v) is 8.99. The van der Waals surface area contributed by atoms with Gasteiger partial charge in [-0.15, -0.1) is 0 Å². The molecule has 0 spiro atoms. The standard InChI is InChI=1S/C26H25F3N6O5/c27-26(28,29)24(39)40-21(36)15-20(16-4-2-1-3-5-16)32-22(37)19-7-6-18-14-17(8-9-35(18)23(19)38)33-10-12-34(13-11-33)25(30)31/h1-9,14,20H,10-13,15H2,(H3,30,31)(H,32,37). The zero-order valence-corrected chi connectivity index (χ0v) is 21.0. The Morgan fingerprint density at radius 2 is 1.70 bits per heavy atom. The number of aromatic nitrogens is 1. The summed E-state index contributed by atoms with van der Waals surface area (Å²) in [5.41, 5.74) is 6.34. The summed E-state index contributed by atoms with van der Waals surface area (Å²) in [6.07, 6.45) is -4.62. The van der Waals surface area contributed by atoms with Crippen LogP contribution in [0.4, 0.5) is 18.9 Å². The number of benzene rings is 1. The molecule has 0 saturated carbocycles. The number of fused-ring (bicyclic) bond motifs is 1. The number of ether oxygens (including phenoxy) is 1. The summed E-state index contributed by atoms with van der Waals surface area (Å²) in [5, 5.41) is 10.0. The van der Waals surface area contributed by atoms with E-state index >= 15 is 0 Å². The Balaban J connectivity index is 1.53. The second kappa shape index (κ2) is 11.5. The number of guanidine groups is 1. The number of nitrogens with two attached hydrogens (primary N) is 1. The lowest BCUT2D eigenvalue weighted by molar-refractivity contribution is -0.202. The number of piperazine rings is 1. The van der Waals surface area contributed by atoms with Gasteiger partial charge in [-0.05, 0) is 29.8 Å². The van der Waals surface area contributed by atoms with Crippen molar-refractivity contribution in [1.82, 2.24) is 14.6 Å². The minimum atomic E-state index is -5.36. The van der Waals surface area contributed by atoms with E-state index in [9.17, 15) is 32.3 Å². The van der Waals surface area contributed by atoms with Gasteiger partial charge in [0, 0.05) is 38.1 Å². The maximum absolute atomic E-state index is 13.2. The third-order valence-corrected chi connectivity index (χ3v) is 6.38. The SMILES string of the molecule is N=C(N)N1CCN(c2ccn3c(=O)c(C(=O)NC(CC(=O)OC(=O)C(F)(F)F)c4ccccc4)ccc3c2)CC1. The Bertz CT molecular complexity index is 1500. The number of nitrogens with one attached hydrogen (secondary N) is 2. The van der Waals surface area contributed by atoms with Crippen LogP contribution in [0.15, 0.2) is 65.6 Å². The quantitative estimate of drug-likeness (QED) is 0.179. The van der Waals surface area contributed by atoms with Gasteiger partial charge in [-0.3, -0.25) is 24.2 Å². The predicted octanol–water partition coefficient (Wildman–Crippen LogP) is 1.81. The predicted molar refractivity (Wildman–Crippen MR) is 138 cm³/mol. The number of anilines is 1.